The highest BCUT2D eigenvalue weighted by Gasteiger charge is 2.28. The van der Waals surface area contributed by atoms with Crippen molar-refractivity contribution in [1.29, 1.82) is 0 Å². The lowest BCUT2D eigenvalue weighted by molar-refractivity contribution is 0.0443. The monoisotopic (exact) mass is 510 g/mol. The molecule has 1 aromatic heterocycles. The van der Waals surface area contributed by atoms with Crippen molar-refractivity contribution in [2.24, 2.45) is 0 Å². The molecule has 1 fully saturated rings. The predicted molar refractivity (Wildman–Crippen MR) is 137 cm³/mol. The van der Waals surface area contributed by atoms with E-state index in [0.717, 1.165) is 13.1 Å². The quantitative estimate of drug-likeness (QED) is 0.513. The number of carbonyl (C=O) groups is 1. The number of hydrogen-bond donors (Lipinski definition) is 2. The highest BCUT2D eigenvalue weighted by atomic mass is 35.5. The van der Waals surface area contributed by atoms with Gasteiger partial charge in [0.25, 0.3) is 5.91 Å². The molecule has 1 aliphatic rings. The lowest BCUT2D eigenvalue weighted by Crippen LogP contribution is -2.40. The van der Waals surface area contributed by atoms with E-state index >= 15 is 4.39 Å². The smallest absolute Gasteiger partial charge is 0.276 e. The van der Waals surface area contributed by atoms with Crippen molar-refractivity contribution in [2.45, 2.75) is 26.3 Å². The van der Waals surface area contributed by atoms with Gasteiger partial charge in [0, 0.05) is 34.8 Å². The van der Waals surface area contributed by atoms with E-state index in [0.29, 0.717) is 35.9 Å². The van der Waals surface area contributed by atoms with Crippen molar-refractivity contribution in [3.05, 3.63) is 64.6 Å². The van der Waals surface area contributed by atoms with Gasteiger partial charge in [-0.3, -0.25) is 9.69 Å². The fourth-order valence-corrected chi connectivity index (χ4v) is 3.90. The Balaban J connectivity index is 1.70. The maximum Gasteiger partial charge on any atom is 0.276 e. The van der Waals surface area contributed by atoms with Crippen molar-refractivity contribution in [1.82, 2.24) is 20.0 Å². The first-order chi connectivity index (χ1) is 17.1. The second kappa shape index (κ2) is 10.7. The van der Waals surface area contributed by atoms with Gasteiger partial charge < -0.3 is 15.2 Å². The molecule has 7 nitrogen and oxygen atoms in total. The van der Waals surface area contributed by atoms with E-state index in [4.69, 9.17) is 16.3 Å². The first-order valence-electron chi connectivity index (χ1n) is 11.6. The molecular formula is C27H28ClFN4O3. The Morgan fingerprint density at radius 2 is 1.89 bits per heavy atom. The number of aromatic hydroxyl groups is 1. The minimum atomic E-state index is -0.589. The van der Waals surface area contributed by atoms with E-state index in [1.807, 2.05) is 20.8 Å². The molecule has 0 bridgehead atoms. The zero-order valence-corrected chi connectivity index (χ0v) is 21.2. The first kappa shape index (κ1) is 25.7. The summed E-state index contributed by atoms with van der Waals surface area (Å²) in [6.07, 6.45) is 0. The average Bonchev–Trinajstić information content (AvgIpc) is 3.16. The number of ether oxygens (including phenoxy) is 1. The van der Waals surface area contributed by atoms with Crippen molar-refractivity contribution < 1.29 is 19.0 Å². The SMILES string of the molecule is CC(C)(C)NC(=O)c1nn(-c2ccc(C#CCN3CCOCC3)cc2F)c(-c2ccc(Cl)cc2)c1O. The topological polar surface area (TPSA) is 79.6 Å². The van der Waals surface area contributed by atoms with E-state index in [1.54, 1.807) is 30.3 Å². The van der Waals surface area contributed by atoms with Gasteiger partial charge in [-0.15, -0.1) is 0 Å². The van der Waals surface area contributed by atoms with Gasteiger partial charge in [0.2, 0.25) is 0 Å². The highest BCUT2D eigenvalue weighted by molar-refractivity contribution is 6.30. The minimum Gasteiger partial charge on any atom is -0.504 e. The summed E-state index contributed by atoms with van der Waals surface area (Å²) in [6, 6.07) is 11.2. The van der Waals surface area contributed by atoms with Gasteiger partial charge in [-0.25, -0.2) is 9.07 Å². The van der Waals surface area contributed by atoms with Gasteiger partial charge >= 0.3 is 0 Å². The van der Waals surface area contributed by atoms with Crippen LogP contribution in [0.4, 0.5) is 4.39 Å². The number of rotatable bonds is 4. The number of carbonyl (C=O) groups excluding carboxylic acids is 1. The predicted octanol–water partition coefficient (Wildman–Crippen LogP) is 4.25. The number of hydrogen-bond acceptors (Lipinski definition) is 5. The third kappa shape index (κ3) is 6.05. The van der Waals surface area contributed by atoms with Crippen LogP contribution in [0.25, 0.3) is 16.9 Å². The summed E-state index contributed by atoms with van der Waals surface area (Å²) in [4.78, 5) is 15.0. The molecule has 1 amide bonds. The van der Waals surface area contributed by atoms with E-state index in [1.165, 1.54) is 16.8 Å². The molecule has 0 aliphatic carbocycles. The number of halogens is 2. The van der Waals surface area contributed by atoms with Gasteiger partial charge in [-0.1, -0.05) is 35.6 Å². The van der Waals surface area contributed by atoms with Crippen LogP contribution in [0.2, 0.25) is 5.02 Å². The highest BCUT2D eigenvalue weighted by Crippen LogP contribution is 2.36. The minimum absolute atomic E-state index is 0.0730. The molecule has 0 unspecified atom stereocenters. The molecule has 1 saturated heterocycles. The maximum absolute atomic E-state index is 15.3. The summed E-state index contributed by atoms with van der Waals surface area (Å²) in [7, 11) is 0. The Hall–Kier alpha value is -3.38. The molecule has 36 heavy (non-hydrogen) atoms. The van der Waals surface area contributed by atoms with Gasteiger partial charge in [-0.2, -0.15) is 5.10 Å². The summed E-state index contributed by atoms with van der Waals surface area (Å²) in [5.41, 5.74) is 0.524. The van der Waals surface area contributed by atoms with E-state index in [2.05, 4.69) is 27.2 Å². The Kier molecular flexibility index (Phi) is 7.65. The van der Waals surface area contributed by atoms with Gasteiger partial charge in [0.1, 0.15) is 17.2 Å². The summed E-state index contributed by atoms with van der Waals surface area (Å²) < 4.78 is 21.9. The van der Waals surface area contributed by atoms with Crippen LogP contribution in [0.1, 0.15) is 36.8 Å². The Labute approximate surface area is 214 Å². The molecule has 0 saturated carbocycles. The van der Waals surface area contributed by atoms with Crippen LogP contribution < -0.4 is 5.32 Å². The fraction of sp³-hybridized carbons (Fsp3) is 0.333. The van der Waals surface area contributed by atoms with Gasteiger partial charge in [0.05, 0.1) is 19.8 Å². The van der Waals surface area contributed by atoms with Crippen LogP contribution in [0.15, 0.2) is 42.5 Å². The normalized spacial score (nSPS) is 14.2. The van der Waals surface area contributed by atoms with Crippen LogP contribution in [0.3, 0.4) is 0 Å². The number of aromatic nitrogens is 2. The summed E-state index contributed by atoms with van der Waals surface area (Å²) >= 11 is 6.03. The molecule has 1 aliphatic heterocycles. The Bertz CT molecular complexity index is 1310. The van der Waals surface area contributed by atoms with Crippen LogP contribution in [-0.4, -0.2) is 64.1 Å². The second-order valence-electron chi connectivity index (χ2n) is 9.53. The lowest BCUT2D eigenvalue weighted by atomic mass is 10.1. The summed E-state index contributed by atoms with van der Waals surface area (Å²) in [6.45, 7) is 9.05. The fourth-order valence-electron chi connectivity index (χ4n) is 3.77. The number of nitrogens with one attached hydrogen (secondary N) is 1. The van der Waals surface area contributed by atoms with Crippen molar-refractivity contribution >= 4 is 17.5 Å². The number of nitrogens with zero attached hydrogens (tertiary/aromatic N) is 3. The van der Waals surface area contributed by atoms with Gasteiger partial charge in [-0.05, 0) is 51.1 Å². The van der Waals surface area contributed by atoms with Crippen LogP contribution in [0.5, 0.6) is 5.75 Å². The second-order valence-corrected chi connectivity index (χ2v) is 9.96. The molecule has 0 atom stereocenters. The molecule has 2 aromatic carbocycles. The Morgan fingerprint density at radius 3 is 2.53 bits per heavy atom. The largest absolute Gasteiger partial charge is 0.504 e. The number of amides is 1. The molecule has 2 heterocycles. The van der Waals surface area contributed by atoms with E-state index < -0.39 is 17.3 Å². The van der Waals surface area contributed by atoms with Crippen LogP contribution in [-0.2, 0) is 4.74 Å². The van der Waals surface area contributed by atoms with Crippen molar-refractivity contribution in [2.75, 3.05) is 32.8 Å². The van der Waals surface area contributed by atoms with Crippen molar-refractivity contribution in [3.63, 3.8) is 0 Å². The molecule has 0 radical (unpaired) electrons. The van der Waals surface area contributed by atoms with Crippen LogP contribution in [0, 0.1) is 17.7 Å². The Morgan fingerprint density at radius 1 is 1.19 bits per heavy atom. The third-order valence-electron chi connectivity index (χ3n) is 5.50. The van der Waals surface area contributed by atoms with Gasteiger partial charge in [0.15, 0.2) is 11.4 Å². The zero-order valence-electron chi connectivity index (χ0n) is 20.4. The zero-order chi connectivity index (χ0) is 25.9. The maximum atomic E-state index is 15.3. The van der Waals surface area contributed by atoms with E-state index in [9.17, 15) is 9.90 Å². The first-order valence-corrected chi connectivity index (χ1v) is 12.0. The molecule has 188 valence electrons. The van der Waals surface area contributed by atoms with Crippen LogP contribution >= 0.6 is 11.6 Å². The molecule has 2 N–H and O–H groups in total. The number of morpholine rings is 1. The van der Waals surface area contributed by atoms with E-state index in [-0.39, 0.29) is 22.8 Å². The standard InChI is InChI=1S/C27H28ClFN4O3/c1-27(2,3)30-26(35)23-25(34)24(19-7-9-20(28)10-8-19)33(31-23)22-11-6-18(17-21(22)29)5-4-12-32-13-15-36-16-14-32/h6-11,17,34H,12-16H2,1-3H3,(H,30,35). The summed E-state index contributed by atoms with van der Waals surface area (Å²) in [5, 5.41) is 18.6. The van der Waals surface area contributed by atoms with Crippen molar-refractivity contribution in [3.8, 4) is 34.5 Å². The molecule has 4 rings (SSSR count). The molecule has 3 aromatic rings. The lowest BCUT2D eigenvalue weighted by Gasteiger charge is -2.24. The number of benzene rings is 2. The third-order valence-corrected chi connectivity index (χ3v) is 5.75. The molecule has 9 heteroatoms. The average molecular weight is 511 g/mol. The molecule has 0 spiro atoms. The summed E-state index contributed by atoms with van der Waals surface area (Å²) in [5.74, 6) is 4.56. The molecular weight excluding hydrogens is 483 g/mol.